The maximum atomic E-state index is 5.98. The highest BCUT2D eigenvalue weighted by Gasteiger charge is 2.16. The molecule has 2 heterocycles. The molecule has 0 aliphatic carbocycles. The minimum atomic E-state index is 0.536. The molecule has 0 radical (unpaired) electrons. The maximum absolute atomic E-state index is 5.98. The zero-order valence-electron chi connectivity index (χ0n) is 9.81. The summed E-state index contributed by atoms with van der Waals surface area (Å²) < 4.78 is 1.81. The number of nitrogens with zero attached hydrogens (tertiary/aromatic N) is 3. The lowest BCUT2D eigenvalue weighted by Gasteiger charge is -2.02. The van der Waals surface area contributed by atoms with Gasteiger partial charge in [-0.1, -0.05) is 27.8 Å². The summed E-state index contributed by atoms with van der Waals surface area (Å²) in [5.74, 6) is 0.536. The first-order valence-electron chi connectivity index (χ1n) is 5.51. The summed E-state index contributed by atoms with van der Waals surface area (Å²) in [6, 6.07) is 7.93. The SMILES string of the molecule is Cc1cnc2c3ccccc3c(N)n[n+]2c1C. The van der Waals surface area contributed by atoms with E-state index in [2.05, 4.69) is 10.1 Å². The van der Waals surface area contributed by atoms with Crippen LogP contribution in [-0.4, -0.2) is 10.1 Å². The Kier molecular flexibility index (Phi) is 1.98. The summed E-state index contributed by atoms with van der Waals surface area (Å²) in [6.07, 6.45) is 1.87. The van der Waals surface area contributed by atoms with Gasteiger partial charge in [0.15, 0.2) is 5.82 Å². The van der Waals surface area contributed by atoms with Crippen LogP contribution in [0.2, 0.25) is 0 Å². The van der Waals surface area contributed by atoms with Crippen molar-refractivity contribution in [1.82, 2.24) is 10.1 Å². The number of hydrogen-bond acceptors (Lipinski definition) is 3. The van der Waals surface area contributed by atoms with Gasteiger partial charge in [-0.25, -0.2) is 0 Å². The monoisotopic (exact) mass is 225 g/mol. The van der Waals surface area contributed by atoms with E-state index in [1.54, 1.807) is 0 Å². The van der Waals surface area contributed by atoms with E-state index in [9.17, 15) is 0 Å². The second-order valence-electron chi connectivity index (χ2n) is 4.19. The second kappa shape index (κ2) is 3.38. The van der Waals surface area contributed by atoms with E-state index in [-0.39, 0.29) is 0 Å². The lowest BCUT2D eigenvalue weighted by atomic mass is 10.1. The maximum Gasteiger partial charge on any atom is 0.356 e. The molecule has 0 fully saturated rings. The van der Waals surface area contributed by atoms with Crippen molar-refractivity contribution in [2.75, 3.05) is 5.73 Å². The van der Waals surface area contributed by atoms with Gasteiger partial charge in [-0.15, -0.1) is 0 Å². The first-order chi connectivity index (χ1) is 8.18. The fourth-order valence-electron chi connectivity index (χ4n) is 2.00. The van der Waals surface area contributed by atoms with Crippen LogP contribution in [0, 0.1) is 13.8 Å². The van der Waals surface area contributed by atoms with Crippen LogP contribution in [0.1, 0.15) is 11.3 Å². The molecule has 0 atom stereocenters. The molecule has 17 heavy (non-hydrogen) atoms. The first kappa shape index (κ1) is 9.96. The van der Waals surface area contributed by atoms with E-state index in [0.717, 1.165) is 27.7 Å². The average Bonchev–Trinajstić information content (AvgIpc) is 2.35. The van der Waals surface area contributed by atoms with E-state index in [1.165, 1.54) is 0 Å². The predicted octanol–water partition coefficient (Wildman–Crippen LogP) is 1.57. The Hall–Kier alpha value is -2.23. The summed E-state index contributed by atoms with van der Waals surface area (Å²) in [4.78, 5) is 4.46. The first-order valence-corrected chi connectivity index (χ1v) is 5.51. The van der Waals surface area contributed by atoms with Crippen LogP contribution in [-0.2, 0) is 0 Å². The van der Waals surface area contributed by atoms with Crippen molar-refractivity contribution in [3.63, 3.8) is 0 Å². The molecular formula is C13H13N4+. The van der Waals surface area contributed by atoms with E-state index in [4.69, 9.17) is 5.73 Å². The quantitative estimate of drug-likeness (QED) is 0.466. The minimum absolute atomic E-state index is 0.536. The molecule has 4 heteroatoms. The molecule has 1 aromatic carbocycles. The molecule has 3 aromatic rings. The van der Waals surface area contributed by atoms with Crippen molar-refractivity contribution in [3.05, 3.63) is 41.7 Å². The zero-order valence-corrected chi connectivity index (χ0v) is 9.81. The highest BCUT2D eigenvalue weighted by Crippen LogP contribution is 2.19. The molecule has 0 unspecified atom stereocenters. The van der Waals surface area contributed by atoms with E-state index < -0.39 is 0 Å². The van der Waals surface area contributed by atoms with Gasteiger partial charge in [-0.2, -0.15) is 0 Å². The highest BCUT2D eigenvalue weighted by atomic mass is 15.3. The average molecular weight is 225 g/mol. The lowest BCUT2D eigenvalue weighted by Crippen LogP contribution is -2.33. The Balaban J connectivity index is 2.62. The van der Waals surface area contributed by atoms with Gasteiger partial charge in [-0.05, 0) is 18.0 Å². The van der Waals surface area contributed by atoms with Crippen molar-refractivity contribution >= 4 is 22.2 Å². The molecule has 0 saturated heterocycles. The summed E-state index contributed by atoms with van der Waals surface area (Å²) in [6.45, 7) is 4.03. The number of nitrogens with two attached hydrogens (primary N) is 1. The van der Waals surface area contributed by atoms with Crippen LogP contribution in [0.3, 0.4) is 0 Å². The van der Waals surface area contributed by atoms with Crippen LogP contribution >= 0.6 is 0 Å². The van der Waals surface area contributed by atoms with Gasteiger partial charge in [0.05, 0.1) is 5.39 Å². The largest absolute Gasteiger partial charge is 0.380 e. The zero-order chi connectivity index (χ0) is 12.0. The van der Waals surface area contributed by atoms with Crippen molar-refractivity contribution in [2.24, 2.45) is 0 Å². The Morgan fingerprint density at radius 2 is 1.82 bits per heavy atom. The molecule has 84 valence electrons. The van der Waals surface area contributed by atoms with Gasteiger partial charge in [0.1, 0.15) is 11.9 Å². The third kappa shape index (κ3) is 1.34. The number of rotatable bonds is 0. The van der Waals surface area contributed by atoms with Gasteiger partial charge < -0.3 is 5.73 Å². The Morgan fingerprint density at radius 3 is 2.59 bits per heavy atom. The number of fused-ring (bicyclic) bond motifs is 3. The Labute approximate surface area is 98.7 Å². The summed E-state index contributed by atoms with van der Waals surface area (Å²) >= 11 is 0. The summed E-state index contributed by atoms with van der Waals surface area (Å²) in [5.41, 5.74) is 8.99. The van der Waals surface area contributed by atoms with Crippen LogP contribution < -0.4 is 10.2 Å². The van der Waals surface area contributed by atoms with Crippen molar-refractivity contribution < 1.29 is 4.52 Å². The van der Waals surface area contributed by atoms with Crippen LogP contribution in [0.5, 0.6) is 0 Å². The number of aromatic nitrogens is 3. The molecule has 0 amide bonds. The fourth-order valence-corrected chi connectivity index (χ4v) is 2.00. The van der Waals surface area contributed by atoms with Gasteiger partial charge in [0.2, 0.25) is 0 Å². The third-order valence-corrected chi connectivity index (χ3v) is 3.12. The molecule has 0 spiro atoms. The summed E-state index contributed by atoms with van der Waals surface area (Å²) in [7, 11) is 0. The molecule has 0 aliphatic heterocycles. The van der Waals surface area contributed by atoms with Gasteiger partial charge in [-0.3, -0.25) is 0 Å². The summed E-state index contributed by atoms with van der Waals surface area (Å²) in [5, 5.41) is 6.37. The van der Waals surface area contributed by atoms with Gasteiger partial charge in [0, 0.05) is 17.9 Å². The third-order valence-electron chi connectivity index (χ3n) is 3.12. The normalized spacial score (nSPS) is 11.2. The van der Waals surface area contributed by atoms with Crippen LogP contribution in [0.15, 0.2) is 30.5 Å². The predicted molar refractivity (Wildman–Crippen MR) is 66.6 cm³/mol. The van der Waals surface area contributed by atoms with Gasteiger partial charge in [0.25, 0.3) is 0 Å². The number of nitrogen functional groups attached to an aromatic ring is 1. The van der Waals surface area contributed by atoms with E-state index in [0.29, 0.717) is 5.82 Å². The minimum Gasteiger partial charge on any atom is -0.380 e. The lowest BCUT2D eigenvalue weighted by molar-refractivity contribution is -0.587. The standard InChI is InChI=1S/C13H13N4/c1-8-7-15-13-11-6-4-3-5-10(11)12(14)16-17(13)9(8)2/h3-7H,1-2H3,(H2,14,16)/q+1. The molecule has 0 saturated carbocycles. The molecule has 2 N–H and O–H groups in total. The molecule has 4 nitrogen and oxygen atoms in total. The fraction of sp³-hybridized carbons (Fsp3) is 0.154. The molecular weight excluding hydrogens is 212 g/mol. The number of benzene rings is 1. The van der Waals surface area contributed by atoms with E-state index >= 15 is 0 Å². The topological polar surface area (TPSA) is 55.9 Å². The Morgan fingerprint density at radius 1 is 1.12 bits per heavy atom. The van der Waals surface area contributed by atoms with Crippen molar-refractivity contribution in [1.29, 1.82) is 0 Å². The van der Waals surface area contributed by atoms with Crippen molar-refractivity contribution in [3.8, 4) is 0 Å². The number of aryl methyl sites for hydroxylation is 2. The number of anilines is 1. The van der Waals surface area contributed by atoms with Crippen LogP contribution in [0.25, 0.3) is 16.4 Å². The van der Waals surface area contributed by atoms with E-state index in [1.807, 2.05) is 48.8 Å². The molecule has 2 aromatic heterocycles. The van der Waals surface area contributed by atoms with Crippen LogP contribution in [0.4, 0.5) is 5.82 Å². The Bertz CT molecular complexity index is 734. The second-order valence-corrected chi connectivity index (χ2v) is 4.19. The van der Waals surface area contributed by atoms with Gasteiger partial charge >= 0.3 is 5.65 Å². The molecule has 0 bridgehead atoms. The number of hydrogen-bond donors (Lipinski definition) is 1. The molecule has 0 aliphatic rings. The van der Waals surface area contributed by atoms with Crippen molar-refractivity contribution in [2.45, 2.75) is 13.8 Å². The molecule has 3 rings (SSSR count). The highest BCUT2D eigenvalue weighted by molar-refractivity contribution is 5.97. The smallest absolute Gasteiger partial charge is 0.356 e.